The molecule has 0 aromatic rings. The van der Waals surface area contributed by atoms with Crippen LogP contribution in [0, 0.1) is 5.92 Å². The third-order valence-electron chi connectivity index (χ3n) is 3.38. The van der Waals surface area contributed by atoms with E-state index in [1.807, 2.05) is 0 Å². The molecule has 0 saturated carbocycles. The molecular weight excluding hydrogens is 176 g/mol. The molecule has 1 rings (SSSR count). The molecule has 14 heavy (non-hydrogen) atoms. The highest BCUT2D eigenvalue weighted by Crippen LogP contribution is 2.21. The minimum Gasteiger partial charge on any atom is -0.396 e. The van der Waals surface area contributed by atoms with E-state index >= 15 is 0 Å². The van der Waals surface area contributed by atoms with Crippen molar-refractivity contribution < 1.29 is 5.11 Å². The van der Waals surface area contributed by atoms with Gasteiger partial charge >= 0.3 is 0 Å². The Morgan fingerprint density at radius 2 is 2.07 bits per heavy atom. The fourth-order valence-electron chi connectivity index (χ4n) is 2.27. The predicted octanol–water partition coefficient (Wildman–Crippen LogP) is 0.639. The summed E-state index contributed by atoms with van der Waals surface area (Å²) in [5, 5.41) is 9.29. The Bertz CT molecular complexity index is 171. The molecule has 1 heterocycles. The molecule has 1 aliphatic rings. The number of piperidine rings is 1. The van der Waals surface area contributed by atoms with E-state index in [9.17, 15) is 5.11 Å². The Balaban J connectivity index is 2.57. The molecule has 1 N–H and O–H groups in total. The predicted molar refractivity (Wildman–Crippen MR) is 59.4 cm³/mol. The van der Waals surface area contributed by atoms with Crippen LogP contribution in [0.5, 0.6) is 0 Å². The zero-order valence-corrected chi connectivity index (χ0v) is 9.90. The van der Waals surface area contributed by atoms with Crippen LogP contribution in [0.15, 0.2) is 0 Å². The molecule has 3 heteroatoms. The van der Waals surface area contributed by atoms with Crippen molar-refractivity contribution in [1.82, 2.24) is 9.80 Å². The highest BCUT2D eigenvalue weighted by Gasteiger charge is 2.30. The topological polar surface area (TPSA) is 26.7 Å². The molecule has 1 saturated heterocycles. The quantitative estimate of drug-likeness (QED) is 0.724. The monoisotopic (exact) mass is 200 g/mol. The summed E-state index contributed by atoms with van der Waals surface area (Å²) in [5.41, 5.74) is 0. The van der Waals surface area contributed by atoms with E-state index in [2.05, 4.69) is 37.7 Å². The second kappa shape index (κ2) is 5.10. The molecule has 0 unspecified atom stereocenters. The van der Waals surface area contributed by atoms with Crippen molar-refractivity contribution in [3.8, 4) is 0 Å². The van der Waals surface area contributed by atoms with Crippen LogP contribution >= 0.6 is 0 Å². The molecule has 1 fully saturated rings. The summed E-state index contributed by atoms with van der Waals surface area (Å²) >= 11 is 0. The van der Waals surface area contributed by atoms with Crippen LogP contribution in [0.2, 0.25) is 0 Å². The lowest BCUT2D eigenvalue weighted by molar-refractivity contribution is 0.0362. The molecular formula is C11H24N2O. The molecule has 84 valence electrons. The van der Waals surface area contributed by atoms with Gasteiger partial charge in [-0.15, -0.1) is 0 Å². The van der Waals surface area contributed by atoms with Crippen molar-refractivity contribution in [3.63, 3.8) is 0 Å². The van der Waals surface area contributed by atoms with Crippen molar-refractivity contribution in [3.05, 3.63) is 0 Å². The van der Waals surface area contributed by atoms with Gasteiger partial charge in [0, 0.05) is 25.2 Å². The van der Waals surface area contributed by atoms with Crippen molar-refractivity contribution in [2.75, 3.05) is 33.8 Å². The van der Waals surface area contributed by atoms with Crippen LogP contribution < -0.4 is 0 Å². The molecule has 0 bridgehead atoms. The van der Waals surface area contributed by atoms with Crippen LogP contribution in [0.3, 0.4) is 0 Å². The maximum Gasteiger partial charge on any atom is 0.0475 e. The van der Waals surface area contributed by atoms with E-state index in [4.69, 9.17) is 0 Å². The molecule has 0 aromatic heterocycles. The Morgan fingerprint density at radius 1 is 1.43 bits per heavy atom. The van der Waals surface area contributed by atoms with E-state index in [-0.39, 0.29) is 0 Å². The Hall–Kier alpha value is -0.120. The number of hydrogen-bond donors (Lipinski definition) is 1. The lowest BCUT2D eigenvalue weighted by Crippen LogP contribution is -2.53. The number of nitrogens with zero attached hydrogens (tertiary/aromatic N) is 2. The van der Waals surface area contributed by atoms with Gasteiger partial charge in [-0.05, 0) is 46.8 Å². The number of aliphatic hydroxyl groups excluding tert-OH is 1. The summed E-state index contributed by atoms with van der Waals surface area (Å²) in [6.45, 7) is 7.04. The second-order valence-electron chi connectivity index (χ2n) is 4.85. The molecule has 0 spiro atoms. The van der Waals surface area contributed by atoms with E-state index in [0.717, 1.165) is 19.5 Å². The lowest BCUT2D eigenvalue weighted by atomic mass is 9.91. The van der Waals surface area contributed by atoms with Crippen molar-refractivity contribution in [1.29, 1.82) is 0 Å². The average molecular weight is 200 g/mol. The second-order valence-corrected chi connectivity index (χ2v) is 4.85. The number of rotatable bonds is 3. The van der Waals surface area contributed by atoms with Crippen molar-refractivity contribution in [2.45, 2.75) is 32.4 Å². The van der Waals surface area contributed by atoms with Crippen LogP contribution in [0.1, 0.15) is 20.3 Å². The van der Waals surface area contributed by atoms with Crippen LogP contribution in [0.4, 0.5) is 0 Å². The highest BCUT2D eigenvalue weighted by molar-refractivity contribution is 4.86. The van der Waals surface area contributed by atoms with Gasteiger partial charge in [-0.2, -0.15) is 0 Å². The smallest absolute Gasteiger partial charge is 0.0475 e. The molecule has 0 amide bonds. The van der Waals surface area contributed by atoms with Gasteiger partial charge in [0.15, 0.2) is 0 Å². The van der Waals surface area contributed by atoms with Crippen molar-refractivity contribution in [2.24, 2.45) is 5.92 Å². The van der Waals surface area contributed by atoms with Gasteiger partial charge in [-0.25, -0.2) is 0 Å². The van der Waals surface area contributed by atoms with Crippen LogP contribution in [-0.2, 0) is 0 Å². The minimum atomic E-state index is 0.328. The summed E-state index contributed by atoms with van der Waals surface area (Å²) in [7, 11) is 4.22. The molecule has 0 aliphatic carbocycles. The molecule has 0 radical (unpaired) electrons. The fourth-order valence-corrected chi connectivity index (χ4v) is 2.27. The zero-order chi connectivity index (χ0) is 10.7. The first-order valence-electron chi connectivity index (χ1n) is 5.57. The number of likely N-dealkylation sites (N-methyl/N-ethyl adjacent to an activating group) is 1. The molecule has 2 atom stereocenters. The summed E-state index contributed by atoms with van der Waals surface area (Å²) < 4.78 is 0. The molecule has 1 aliphatic heterocycles. The van der Waals surface area contributed by atoms with E-state index in [0.29, 0.717) is 24.6 Å². The first-order chi connectivity index (χ1) is 6.56. The van der Waals surface area contributed by atoms with Gasteiger partial charge in [0.05, 0.1) is 0 Å². The molecule has 0 aromatic carbocycles. The fraction of sp³-hybridized carbons (Fsp3) is 1.00. The number of aliphatic hydroxyl groups is 1. The lowest BCUT2D eigenvalue weighted by Gasteiger charge is -2.42. The van der Waals surface area contributed by atoms with Gasteiger partial charge in [0.1, 0.15) is 0 Å². The van der Waals surface area contributed by atoms with E-state index < -0.39 is 0 Å². The van der Waals surface area contributed by atoms with Gasteiger partial charge in [-0.1, -0.05) is 0 Å². The summed E-state index contributed by atoms with van der Waals surface area (Å²) in [5.74, 6) is 0.458. The van der Waals surface area contributed by atoms with Crippen LogP contribution in [-0.4, -0.2) is 60.8 Å². The first-order valence-corrected chi connectivity index (χ1v) is 5.57. The van der Waals surface area contributed by atoms with Gasteiger partial charge in [-0.3, -0.25) is 4.90 Å². The van der Waals surface area contributed by atoms with E-state index in [1.54, 1.807) is 0 Å². The summed E-state index contributed by atoms with van der Waals surface area (Å²) in [6.07, 6.45) is 1.12. The van der Waals surface area contributed by atoms with Gasteiger partial charge in [0.2, 0.25) is 0 Å². The maximum absolute atomic E-state index is 9.29. The normalized spacial score (nSPS) is 30.2. The summed E-state index contributed by atoms with van der Waals surface area (Å²) in [4.78, 5) is 4.74. The van der Waals surface area contributed by atoms with Gasteiger partial charge < -0.3 is 10.0 Å². The third-order valence-corrected chi connectivity index (χ3v) is 3.38. The first kappa shape index (κ1) is 12.0. The zero-order valence-electron chi connectivity index (χ0n) is 9.90. The average Bonchev–Trinajstić information content (AvgIpc) is 2.16. The summed E-state index contributed by atoms with van der Waals surface area (Å²) in [6, 6.07) is 1.13. The maximum atomic E-state index is 9.29. The van der Waals surface area contributed by atoms with E-state index in [1.165, 1.54) is 0 Å². The number of hydrogen-bond acceptors (Lipinski definition) is 3. The van der Waals surface area contributed by atoms with Crippen LogP contribution in [0.25, 0.3) is 0 Å². The largest absolute Gasteiger partial charge is 0.396 e. The minimum absolute atomic E-state index is 0.328. The Labute approximate surface area is 87.7 Å². The molecule has 3 nitrogen and oxygen atoms in total. The Morgan fingerprint density at radius 3 is 2.50 bits per heavy atom. The third kappa shape index (κ3) is 2.69. The SMILES string of the molecule is CC(C)N1CC[C@H](CO)[C@H](N(C)C)C1. The van der Waals surface area contributed by atoms with Crippen molar-refractivity contribution >= 4 is 0 Å². The highest BCUT2D eigenvalue weighted by atomic mass is 16.3. The Kier molecular flexibility index (Phi) is 4.35. The standard InChI is InChI=1S/C11H24N2O/c1-9(2)13-6-5-10(8-14)11(7-13)12(3)4/h9-11,14H,5-8H2,1-4H3/t10-,11-/m1/s1. The number of likely N-dealkylation sites (tertiary alicyclic amines) is 1. The van der Waals surface area contributed by atoms with Gasteiger partial charge in [0.25, 0.3) is 0 Å².